The van der Waals surface area contributed by atoms with E-state index in [0.717, 1.165) is 11.3 Å². The first-order valence-electron chi connectivity index (χ1n) is 5.30. The molecule has 1 aromatic heterocycles. The van der Waals surface area contributed by atoms with E-state index in [4.69, 9.17) is 15.2 Å². The highest BCUT2D eigenvalue weighted by Gasteiger charge is 2.10. The van der Waals surface area contributed by atoms with Gasteiger partial charge in [0.2, 0.25) is 0 Å². The van der Waals surface area contributed by atoms with E-state index >= 15 is 0 Å². The molecular weight excluding hydrogens is 234 g/mol. The van der Waals surface area contributed by atoms with Crippen molar-refractivity contribution in [3.8, 4) is 5.75 Å². The predicted octanol–water partition coefficient (Wildman–Crippen LogP) is 1.36. The molecule has 0 radical (unpaired) electrons. The molecule has 0 fully saturated rings. The lowest BCUT2D eigenvalue weighted by Crippen LogP contribution is -2.05. The Bertz CT molecular complexity index is 534. The van der Waals surface area contributed by atoms with Crippen LogP contribution in [0.1, 0.15) is 16.1 Å². The molecular formula is C12H13N3O3. The van der Waals surface area contributed by atoms with Crippen molar-refractivity contribution in [2.45, 2.75) is 6.61 Å². The number of esters is 1. The average molecular weight is 247 g/mol. The maximum atomic E-state index is 11.6. The van der Waals surface area contributed by atoms with Gasteiger partial charge in [-0.3, -0.25) is 5.10 Å². The zero-order valence-corrected chi connectivity index (χ0v) is 9.84. The van der Waals surface area contributed by atoms with Gasteiger partial charge in [0, 0.05) is 6.07 Å². The van der Waals surface area contributed by atoms with E-state index in [-0.39, 0.29) is 18.1 Å². The number of methoxy groups -OCH3 is 1. The summed E-state index contributed by atoms with van der Waals surface area (Å²) in [5.41, 5.74) is 6.50. The topological polar surface area (TPSA) is 90.2 Å². The fourth-order valence-electron chi connectivity index (χ4n) is 1.39. The second kappa shape index (κ2) is 5.22. The van der Waals surface area contributed by atoms with Crippen LogP contribution in [-0.2, 0) is 11.3 Å². The summed E-state index contributed by atoms with van der Waals surface area (Å²) >= 11 is 0. The molecule has 0 saturated heterocycles. The van der Waals surface area contributed by atoms with Gasteiger partial charge in [0.05, 0.1) is 7.11 Å². The second-order valence-corrected chi connectivity index (χ2v) is 3.63. The van der Waals surface area contributed by atoms with E-state index in [1.54, 1.807) is 19.2 Å². The Morgan fingerprint density at radius 1 is 1.39 bits per heavy atom. The van der Waals surface area contributed by atoms with Crippen molar-refractivity contribution in [2.75, 3.05) is 12.8 Å². The number of carbonyl (C=O) groups excluding carboxylic acids is 1. The number of benzene rings is 1. The van der Waals surface area contributed by atoms with E-state index < -0.39 is 5.97 Å². The minimum atomic E-state index is -0.491. The number of nitrogens with one attached hydrogen (secondary N) is 1. The molecule has 2 aromatic rings. The molecule has 0 saturated carbocycles. The third-order valence-electron chi connectivity index (χ3n) is 2.35. The smallest absolute Gasteiger partial charge is 0.356 e. The third-order valence-corrected chi connectivity index (χ3v) is 2.35. The minimum Gasteiger partial charge on any atom is -0.497 e. The highest BCUT2D eigenvalue weighted by Crippen LogP contribution is 2.12. The van der Waals surface area contributed by atoms with Crippen LogP contribution in [0.25, 0.3) is 0 Å². The van der Waals surface area contributed by atoms with Crippen molar-refractivity contribution in [3.63, 3.8) is 0 Å². The number of aromatic amines is 1. The highest BCUT2D eigenvalue weighted by molar-refractivity contribution is 5.87. The number of nitrogen functional groups attached to an aromatic ring is 1. The summed E-state index contributed by atoms with van der Waals surface area (Å²) in [5.74, 6) is 0.521. The van der Waals surface area contributed by atoms with Crippen molar-refractivity contribution >= 4 is 11.8 Å². The van der Waals surface area contributed by atoms with Crippen LogP contribution >= 0.6 is 0 Å². The molecule has 0 spiro atoms. The maximum Gasteiger partial charge on any atom is 0.356 e. The molecule has 6 nitrogen and oxygen atoms in total. The van der Waals surface area contributed by atoms with E-state index in [9.17, 15) is 4.79 Å². The molecule has 0 unspecified atom stereocenters. The second-order valence-electron chi connectivity index (χ2n) is 3.63. The summed E-state index contributed by atoms with van der Waals surface area (Å²) in [4.78, 5) is 11.6. The zero-order valence-electron chi connectivity index (χ0n) is 9.84. The van der Waals surface area contributed by atoms with Gasteiger partial charge in [-0.05, 0) is 17.7 Å². The fraction of sp³-hybridized carbons (Fsp3) is 0.167. The van der Waals surface area contributed by atoms with E-state index in [1.165, 1.54) is 6.07 Å². The van der Waals surface area contributed by atoms with E-state index in [1.807, 2.05) is 12.1 Å². The van der Waals surface area contributed by atoms with Gasteiger partial charge in [-0.15, -0.1) is 0 Å². The van der Waals surface area contributed by atoms with Gasteiger partial charge in [-0.2, -0.15) is 5.10 Å². The lowest BCUT2D eigenvalue weighted by Gasteiger charge is -2.04. The van der Waals surface area contributed by atoms with Crippen molar-refractivity contribution in [1.29, 1.82) is 0 Å². The first-order valence-corrected chi connectivity index (χ1v) is 5.30. The maximum absolute atomic E-state index is 11.6. The number of hydrogen-bond acceptors (Lipinski definition) is 5. The molecule has 0 bridgehead atoms. The number of nitrogens with two attached hydrogens (primary N) is 1. The number of hydrogen-bond donors (Lipinski definition) is 2. The molecule has 6 heteroatoms. The SMILES string of the molecule is COc1ccc(COC(=O)c2cc(N)n[nH]2)cc1. The molecule has 1 heterocycles. The summed E-state index contributed by atoms with van der Waals surface area (Å²) < 4.78 is 10.1. The van der Waals surface area contributed by atoms with Crippen LogP contribution in [0, 0.1) is 0 Å². The number of nitrogens with zero attached hydrogens (tertiary/aromatic N) is 1. The van der Waals surface area contributed by atoms with Gasteiger partial charge in [0.15, 0.2) is 0 Å². The van der Waals surface area contributed by atoms with E-state index in [2.05, 4.69) is 10.2 Å². The van der Waals surface area contributed by atoms with Crippen molar-refractivity contribution < 1.29 is 14.3 Å². The fourth-order valence-corrected chi connectivity index (χ4v) is 1.39. The number of H-pyrrole nitrogens is 1. The van der Waals surface area contributed by atoms with Gasteiger partial charge >= 0.3 is 5.97 Å². The summed E-state index contributed by atoms with van der Waals surface area (Å²) in [6.07, 6.45) is 0. The van der Waals surface area contributed by atoms with Gasteiger partial charge in [-0.25, -0.2) is 4.79 Å². The molecule has 18 heavy (non-hydrogen) atoms. The largest absolute Gasteiger partial charge is 0.497 e. The van der Waals surface area contributed by atoms with Crippen LogP contribution in [0.15, 0.2) is 30.3 Å². The van der Waals surface area contributed by atoms with Gasteiger partial charge in [-0.1, -0.05) is 12.1 Å². The number of anilines is 1. The first kappa shape index (κ1) is 12.0. The van der Waals surface area contributed by atoms with Crippen LogP contribution in [0.4, 0.5) is 5.82 Å². The van der Waals surface area contributed by atoms with Crippen molar-refractivity contribution in [1.82, 2.24) is 10.2 Å². The normalized spacial score (nSPS) is 10.1. The zero-order chi connectivity index (χ0) is 13.0. The Kier molecular flexibility index (Phi) is 3.47. The Hall–Kier alpha value is -2.50. The average Bonchev–Trinajstić information content (AvgIpc) is 2.83. The lowest BCUT2D eigenvalue weighted by molar-refractivity contribution is 0.0465. The molecule has 0 atom stereocenters. The quantitative estimate of drug-likeness (QED) is 0.796. The summed E-state index contributed by atoms with van der Waals surface area (Å²) in [6, 6.07) is 8.69. The molecule has 3 N–H and O–H groups in total. The van der Waals surface area contributed by atoms with Crippen LogP contribution in [0.2, 0.25) is 0 Å². The molecule has 0 aliphatic rings. The molecule has 1 aromatic carbocycles. The van der Waals surface area contributed by atoms with Gasteiger partial charge < -0.3 is 15.2 Å². The minimum absolute atomic E-state index is 0.182. The van der Waals surface area contributed by atoms with E-state index in [0.29, 0.717) is 0 Å². The number of carbonyl (C=O) groups is 1. The van der Waals surface area contributed by atoms with Crippen molar-refractivity contribution in [3.05, 3.63) is 41.6 Å². The highest BCUT2D eigenvalue weighted by atomic mass is 16.5. The Labute approximate surface area is 104 Å². The Morgan fingerprint density at radius 3 is 2.67 bits per heavy atom. The number of rotatable bonds is 4. The number of ether oxygens (including phenoxy) is 2. The van der Waals surface area contributed by atoms with Crippen molar-refractivity contribution in [2.24, 2.45) is 0 Å². The Balaban J connectivity index is 1.92. The lowest BCUT2D eigenvalue weighted by atomic mass is 10.2. The molecule has 0 amide bonds. The standard InChI is InChI=1S/C12H13N3O3/c1-17-9-4-2-8(3-5-9)7-18-12(16)10-6-11(13)15-14-10/h2-6H,7H2,1H3,(H3,13,14,15). The summed E-state index contributed by atoms with van der Waals surface area (Å²) in [7, 11) is 1.59. The first-order chi connectivity index (χ1) is 8.69. The Morgan fingerprint density at radius 2 is 2.11 bits per heavy atom. The predicted molar refractivity (Wildman–Crippen MR) is 65.1 cm³/mol. The summed E-state index contributed by atoms with van der Waals surface area (Å²) in [6.45, 7) is 0.182. The molecule has 0 aliphatic heterocycles. The molecule has 2 rings (SSSR count). The molecule has 0 aliphatic carbocycles. The monoisotopic (exact) mass is 247 g/mol. The van der Waals surface area contributed by atoms with Crippen LogP contribution in [-0.4, -0.2) is 23.3 Å². The van der Waals surface area contributed by atoms with Crippen LogP contribution in [0.3, 0.4) is 0 Å². The summed E-state index contributed by atoms with van der Waals surface area (Å²) in [5, 5.41) is 6.14. The van der Waals surface area contributed by atoms with Gasteiger partial charge in [0.1, 0.15) is 23.9 Å². The van der Waals surface area contributed by atoms with Gasteiger partial charge in [0.25, 0.3) is 0 Å². The number of aromatic nitrogens is 2. The van der Waals surface area contributed by atoms with Crippen LogP contribution in [0.5, 0.6) is 5.75 Å². The van der Waals surface area contributed by atoms with Crippen LogP contribution < -0.4 is 10.5 Å². The third kappa shape index (κ3) is 2.79. The molecule has 94 valence electrons.